The first-order valence-electron chi connectivity index (χ1n) is 3.80. The van der Waals surface area contributed by atoms with Crippen molar-refractivity contribution in [3.8, 4) is 11.3 Å². The smallest absolute Gasteiger partial charge is 0.137 e. The van der Waals surface area contributed by atoms with Crippen LogP contribution >= 0.6 is 11.6 Å². The Morgan fingerprint density at radius 3 is 2.46 bits per heavy atom. The van der Waals surface area contributed by atoms with E-state index in [0.29, 0.717) is 10.8 Å². The van der Waals surface area contributed by atoms with Crippen molar-refractivity contribution in [2.75, 3.05) is 0 Å². The average molecular weight is 193 g/mol. The summed E-state index contributed by atoms with van der Waals surface area (Å²) >= 11 is 5.75. The van der Waals surface area contributed by atoms with E-state index in [0.717, 1.165) is 11.3 Å². The minimum atomic E-state index is 0.560. The van der Waals surface area contributed by atoms with E-state index in [1.165, 1.54) is 0 Å². The molecular weight excluding hydrogens is 186 g/mol. The highest BCUT2D eigenvalue weighted by atomic mass is 35.5. The Morgan fingerprint density at radius 2 is 1.92 bits per heavy atom. The van der Waals surface area contributed by atoms with E-state index in [1.807, 2.05) is 24.3 Å². The van der Waals surface area contributed by atoms with Gasteiger partial charge in [0.25, 0.3) is 0 Å². The first-order valence-corrected chi connectivity index (χ1v) is 4.18. The summed E-state index contributed by atoms with van der Waals surface area (Å²) in [6, 6.07) is 9.19. The minimum absolute atomic E-state index is 0.560. The molecule has 0 aliphatic rings. The van der Waals surface area contributed by atoms with Crippen LogP contribution in [0.1, 0.15) is 5.76 Å². The zero-order valence-electron chi connectivity index (χ0n) is 6.83. The Kier molecular flexibility index (Phi) is 2.07. The Morgan fingerprint density at radius 1 is 1.23 bits per heavy atom. The zero-order chi connectivity index (χ0) is 9.26. The lowest BCUT2D eigenvalue weighted by Gasteiger charge is -1.93. The summed E-state index contributed by atoms with van der Waals surface area (Å²) in [5.74, 6) is 0.560. The van der Waals surface area contributed by atoms with Gasteiger partial charge in [-0.05, 0) is 12.1 Å². The van der Waals surface area contributed by atoms with Crippen LogP contribution in [0.25, 0.3) is 11.3 Å². The van der Waals surface area contributed by atoms with Crippen molar-refractivity contribution in [3.63, 3.8) is 0 Å². The molecule has 0 saturated heterocycles. The molecular formula is C10H7ClNO. The molecule has 65 valence electrons. The number of benzene rings is 1. The fourth-order valence-corrected chi connectivity index (χ4v) is 1.20. The second kappa shape index (κ2) is 3.23. The largest absolute Gasteiger partial charge is 0.361 e. The number of nitrogens with zero attached hydrogens (tertiary/aromatic N) is 1. The van der Waals surface area contributed by atoms with E-state index < -0.39 is 0 Å². The summed E-state index contributed by atoms with van der Waals surface area (Å²) in [5.41, 5.74) is 1.75. The van der Waals surface area contributed by atoms with Crippen LogP contribution in [-0.4, -0.2) is 5.16 Å². The molecule has 0 fully saturated rings. The number of hydrogen-bond donors (Lipinski definition) is 0. The second-order valence-corrected chi connectivity index (χ2v) is 3.12. The van der Waals surface area contributed by atoms with Gasteiger partial charge >= 0.3 is 0 Å². The van der Waals surface area contributed by atoms with Crippen molar-refractivity contribution >= 4 is 11.6 Å². The fraction of sp³-hybridized carbons (Fsp3) is 0. The summed E-state index contributed by atoms with van der Waals surface area (Å²) < 4.78 is 4.86. The third-order valence-electron chi connectivity index (χ3n) is 1.70. The van der Waals surface area contributed by atoms with Gasteiger partial charge in [0.2, 0.25) is 0 Å². The third kappa shape index (κ3) is 1.73. The minimum Gasteiger partial charge on any atom is -0.361 e. The number of aromatic nitrogens is 1. The van der Waals surface area contributed by atoms with Crippen LogP contribution in [0.2, 0.25) is 5.02 Å². The van der Waals surface area contributed by atoms with Crippen molar-refractivity contribution < 1.29 is 4.52 Å². The molecule has 0 saturated carbocycles. The van der Waals surface area contributed by atoms with Gasteiger partial charge in [0.05, 0.1) is 0 Å². The van der Waals surface area contributed by atoms with Crippen LogP contribution in [0.4, 0.5) is 0 Å². The maximum Gasteiger partial charge on any atom is 0.137 e. The molecule has 0 aliphatic heterocycles. The molecule has 13 heavy (non-hydrogen) atoms. The van der Waals surface area contributed by atoms with Gasteiger partial charge in [-0.2, -0.15) is 0 Å². The predicted octanol–water partition coefficient (Wildman–Crippen LogP) is 3.18. The van der Waals surface area contributed by atoms with Crippen LogP contribution in [0, 0.1) is 6.92 Å². The van der Waals surface area contributed by atoms with E-state index >= 15 is 0 Å². The van der Waals surface area contributed by atoms with Crippen LogP contribution in [0.5, 0.6) is 0 Å². The lowest BCUT2D eigenvalue weighted by Crippen LogP contribution is -1.74. The van der Waals surface area contributed by atoms with Crippen LogP contribution in [0.15, 0.2) is 34.9 Å². The highest BCUT2D eigenvalue weighted by Gasteiger charge is 2.02. The van der Waals surface area contributed by atoms with Gasteiger partial charge in [-0.15, -0.1) is 0 Å². The van der Waals surface area contributed by atoms with Gasteiger partial charge in [0.15, 0.2) is 0 Å². The topological polar surface area (TPSA) is 26.0 Å². The van der Waals surface area contributed by atoms with Gasteiger partial charge in [0, 0.05) is 23.6 Å². The van der Waals surface area contributed by atoms with Crippen molar-refractivity contribution in [3.05, 3.63) is 48.0 Å². The van der Waals surface area contributed by atoms with E-state index in [4.69, 9.17) is 16.1 Å². The summed E-state index contributed by atoms with van der Waals surface area (Å²) in [5, 5.41) is 4.55. The van der Waals surface area contributed by atoms with Crippen molar-refractivity contribution in [2.24, 2.45) is 0 Å². The summed E-state index contributed by atoms with van der Waals surface area (Å²) in [4.78, 5) is 0. The molecule has 1 heterocycles. The second-order valence-electron chi connectivity index (χ2n) is 2.69. The number of hydrogen-bond acceptors (Lipinski definition) is 2. The fourth-order valence-electron chi connectivity index (χ4n) is 1.07. The molecule has 0 N–H and O–H groups in total. The highest BCUT2D eigenvalue weighted by molar-refractivity contribution is 6.30. The molecule has 1 radical (unpaired) electrons. The monoisotopic (exact) mass is 192 g/mol. The zero-order valence-corrected chi connectivity index (χ0v) is 7.58. The molecule has 2 aromatic rings. The van der Waals surface area contributed by atoms with Crippen molar-refractivity contribution in [1.82, 2.24) is 5.16 Å². The van der Waals surface area contributed by atoms with E-state index in [2.05, 4.69) is 12.1 Å². The summed E-state index contributed by atoms with van der Waals surface area (Å²) in [6.45, 7) is 3.63. The SMILES string of the molecule is [CH2]c1cc(-c2ccc(Cl)cc2)no1. The van der Waals surface area contributed by atoms with Gasteiger partial charge < -0.3 is 4.52 Å². The maximum atomic E-state index is 5.75. The Bertz CT molecular complexity index is 405. The lowest BCUT2D eigenvalue weighted by molar-refractivity contribution is 0.409. The van der Waals surface area contributed by atoms with Crippen molar-refractivity contribution in [1.29, 1.82) is 0 Å². The molecule has 0 spiro atoms. The van der Waals surface area contributed by atoms with E-state index in [-0.39, 0.29) is 0 Å². The van der Waals surface area contributed by atoms with E-state index in [9.17, 15) is 0 Å². The third-order valence-corrected chi connectivity index (χ3v) is 1.95. The Hall–Kier alpha value is -1.28. The molecule has 0 amide bonds. The average Bonchev–Trinajstić information content (AvgIpc) is 2.53. The molecule has 0 unspecified atom stereocenters. The summed E-state index contributed by atoms with van der Waals surface area (Å²) in [7, 11) is 0. The highest BCUT2D eigenvalue weighted by Crippen LogP contribution is 2.20. The van der Waals surface area contributed by atoms with Gasteiger partial charge in [-0.3, -0.25) is 0 Å². The standard InChI is InChI=1S/C10H7ClNO/c1-7-6-10(12-13-7)8-2-4-9(11)5-3-8/h2-6H,1H2. The first-order chi connectivity index (χ1) is 6.25. The first kappa shape index (κ1) is 8.32. The van der Waals surface area contributed by atoms with Crippen LogP contribution in [0.3, 0.4) is 0 Å². The molecule has 0 aliphatic carbocycles. The lowest BCUT2D eigenvalue weighted by atomic mass is 10.1. The quantitative estimate of drug-likeness (QED) is 0.694. The van der Waals surface area contributed by atoms with Gasteiger partial charge in [-0.1, -0.05) is 28.9 Å². The van der Waals surface area contributed by atoms with Gasteiger partial charge in [-0.25, -0.2) is 0 Å². The maximum absolute atomic E-state index is 5.75. The Labute approximate surface area is 81.1 Å². The van der Waals surface area contributed by atoms with E-state index in [1.54, 1.807) is 6.07 Å². The normalized spacial score (nSPS) is 10.3. The Balaban J connectivity index is 2.41. The molecule has 0 atom stereocenters. The molecule has 3 heteroatoms. The number of rotatable bonds is 1. The molecule has 1 aromatic carbocycles. The molecule has 0 bridgehead atoms. The number of halogens is 1. The molecule has 2 nitrogen and oxygen atoms in total. The van der Waals surface area contributed by atoms with Gasteiger partial charge in [0.1, 0.15) is 11.5 Å². The van der Waals surface area contributed by atoms with Crippen LogP contribution in [-0.2, 0) is 0 Å². The van der Waals surface area contributed by atoms with Crippen LogP contribution < -0.4 is 0 Å². The molecule has 2 rings (SSSR count). The van der Waals surface area contributed by atoms with Crippen molar-refractivity contribution in [2.45, 2.75) is 0 Å². The molecule has 1 aromatic heterocycles. The predicted molar refractivity (Wildman–Crippen MR) is 51.4 cm³/mol. The summed E-state index contributed by atoms with van der Waals surface area (Å²) in [6.07, 6.45) is 0.